The van der Waals surface area contributed by atoms with Crippen molar-refractivity contribution in [1.29, 1.82) is 0 Å². The lowest BCUT2D eigenvalue weighted by atomic mass is 10.1. The van der Waals surface area contributed by atoms with Gasteiger partial charge in [-0.2, -0.15) is 31.4 Å². The summed E-state index contributed by atoms with van der Waals surface area (Å²) in [5.74, 6) is -1.18. The molecule has 0 fully saturated rings. The van der Waals surface area contributed by atoms with E-state index in [0.29, 0.717) is 17.1 Å². The Morgan fingerprint density at radius 3 is 2.31 bits per heavy atom. The molecule has 278 valence electrons. The topological polar surface area (TPSA) is 143 Å². The Hall–Kier alpha value is -4.98. The minimum absolute atomic E-state index is 0.0200. The average Bonchev–Trinajstić information content (AvgIpc) is 3.49. The number of hydrogen-bond donors (Lipinski definition) is 1. The van der Waals surface area contributed by atoms with Gasteiger partial charge >= 0.3 is 12.4 Å². The summed E-state index contributed by atoms with van der Waals surface area (Å²) >= 11 is 0. The highest BCUT2D eigenvalue weighted by molar-refractivity contribution is 6.76. The van der Waals surface area contributed by atoms with E-state index in [1.807, 2.05) is 0 Å². The number of ether oxygens (including phenoxy) is 1. The van der Waals surface area contributed by atoms with Gasteiger partial charge in [0.25, 0.3) is 11.1 Å². The summed E-state index contributed by atoms with van der Waals surface area (Å²) in [5, 5.41) is 14.5. The number of aromatic nitrogens is 7. The van der Waals surface area contributed by atoms with Crippen LogP contribution in [0.3, 0.4) is 0 Å². The molecule has 1 aromatic carbocycles. The fraction of sp³-hybridized carbons (Fsp3) is 0.406. The van der Waals surface area contributed by atoms with Gasteiger partial charge in [0.05, 0.1) is 28.4 Å². The van der Waals surface area contributed by atoms with Crippen LogP contribution in [-0.4, -0.2) is 49.2 Å². The number of benzene rings is 1. The third-order valence-corrected chi connectivity index (χ3v) is 9.59. The Labute approximate surface area is 291 Å². The second-order valence-electron chi connectivity index (χ2n) is 13.1. The number of anilines is 1. The maximum absolute atomic E-state index is 15.1. The summed E-state index contributed by atoms with van der Waals surface area (Å²) < 4.78 is 109. The summed E-state index contributed by atoms with van der Waals surface area (Å²) in [6.45, 7) is 7.62. The fourth-order valence-corrected chi connectivity index (χ4v) is 5.88. The molecule has 0 spiro atoms. The molecule has 5 aromatic rings. The van der Waals surface area contributed by atoms with Gasteiger partial charge < -0.3 is 19.0 Å². The molecule has 12 nitrogen and oxygen atoms in total. The summed E-state index contributed by atoms with van der Waals surface area (Å²) in [5.41, 5.74) is -5.45. The third kappa shape index (κ3) is 9.08. The highest BCUT2D eigenvalue weighted by Gasteiger charge is 2.39. The van der Waals surface area contributed by atoms with Gasteiger partial charge in [0.1, 0.15) is 24.2 Å². The van der Waals surface area contributed by atoms with Gasteiger partial charge in [-0.25, -0.2) is 19.0 Å². The molecule has 20 heteroatoms. The second kappa shape index (κ2) is 14.9. The zero-order valence-corrected chi connectivity index (χ0v) is 29.3. The number of halogens is 7. The largest absolute Gasteiger partial charge is 0.423 e. The van der Waals surface area contributed by atoms with Crippen molar-refractivity contribution in [3.8, 4) is 11.4 Å². The zero-order valence-electron chi connectivity index (χ0n) is 28.3. The molecule has 0 saturated carbocycles. The molecule has 52 heavy (non-hydrogen) atoms. The Morgan fingerprint density at radius 2 is 1.69 bits per heavy atom. The predicted octanol–water partition coefficient (Wildman–Crippen LogP) is 6.83. The minimum atomic E-state index is -5.07. The molecule has 0 aliphatic rings. The molecule has 0 unspecified atom stereocenters. The molecule has 0 aliphatic carbocycles. The van der Waals surface area contributed by atoms with E-state index in [0.717, 1.165) is 18.3 Å². The zero-order chi connectivity index (χ0) is 38.0. The van der Waals surface area contributed by atoms with Crippen molar-refractivity contribution < 1.29 is 39.9 Å². The van der Waals surface area contributed by atoms with Crippen LogP contribution in [0.5, 0.6) is 0 Å². The van der Waals surface area contributed by atoms with Crippen LogP contribution in [-0.2, 0) is 30.4 Å². The molecular weight excluding hydrogens is 721 g/mol. The molecule has 5 rings (SSSR count). The highest BCUT2D eigenvalue weighted by Crippen LogP contribution is 2.34. The number of hydrogen-bond acceptors (Lipinski definition) is 10. The van der Waals surface area contributed by atoms with E-state index in [9.17, 15) is 35.9 Å². The van der Waals surface area contributed by atoms with E-state index in [1.54, 1.807) is 0 Å². The Bertz CT molecular complexity index is 2160. The first kappa shape index (κ1) is 38.3. The Kier molecular flexibility index (Phi) is 11.0. The number of pyridine rings is 1. The van der Waals surface area contributed by atoms with Crippen LogP contribution in [0.25, 0.3) is 22.2 Å². The van der Waals surface area contributed by atoms with Crippen molar-refractivity contribution in [1.82, 2.24) is 34.5 Å². The lowest BCUT2D eigenvalue weighted by Crippen LogP contribution is -2.33. The Morgan fingerprint density at radius 1 is 0.981 bits per heavy atom. The van der Waals surface area contributed by atoms with Crippen molar-refractivity contribution in [3.63, 3.8) is 0 Å². The first-order valence-corrected chi connectivity index (χ1v) is 19.6. The summed E-state index contributed by atoms with van der Waals surface area (Å²) in [6, 6.07) is 3.36. The van der Waals surface area contributed by atoms with Crippen LogP contribution in [0.2, 0.25) is 25.7 Å². The number of aryl methyl sites for hydroxylation is 2. The molecule has 0 saturated heterocycles. The van der Waals surface area contributed by atoms with E-state index in [4.69, 9.17) is 9.15 Å². The van der Waals surface area contributed by atoms with Gasteiger partial charge in [0, 0.05) is 46.7 Å². The third-order valence-electron chi connectivity index (χ3n) is 7.88. The van der Waals surface area contributed by atoms with E-state index in [-0.39, 0.29) is 59.9 Å². The standard InChI is InChI=1S/C32H33F7N8O4Si/c1-18-44-45-28(51-18)24(43-25-16-42-47(17-50-10-11-52(2,3)4)30(49)26(25)32(37,38)39)6-5-8-46-9-7-19-12-22(23(33)13-21(19)29(46)48)27-40-14-20(15-41-27)31(34,35)36/h7,9,12-16,24,43H,5-6,8,10-11,17H2,1-4H3/t24-/m1/s1. The maximum atomic E-state index is 15.1. The van der Waals surface area contributed by atoms with Gasteiger partial charge in [0.15, 0.2) is 5.82 Å². The Balaban J connectivity index is 1.35. The van der Waals surface area contributed by atoms with Crippen molar-refractivity contribution in [2.24, 2.45) is 0 Å². The minimum Gasteiger partial charge on any atom is -0.423 e. The molecule has 0 amide bonds. The monoisotopic (exact) mass is 754 g/mol. The van der Waals surface area contributed by atoms with Crippen molar-refractivity contribution in [3.05, 3.63) is 92.4 Å². The first-order valence-electron chi connectivity index (χ1n) is 15.9. The van der Waals surface area contributed by atoms with Crippen molar-refractivity contribution in [2.75, 3.05) is 11.9 Å². The number of fused-ring (bicyclic) bond motifs is 1. The smallest absolute Gasteiger partial charge is 0.423 e. The quantitative estimate of drug-likeness (QED) is 0.0772. The summed E-state index contributed by atoms with van der Waals surface area (Å²) in [6.07, 6.45) is -6.22. The van der Waals surface area contributed by atoms with Gasteiger partial charge in [-0.3, -0.25) is 9.59 Å². The van der Waals surface area contributed by atoms with Crippen LogP contribution in [0.15, 0.2) is 57.0 Å². The summed E-state index contributed by atoms with van der Waals surface area (Å²) in [7, 11) is -1.49. The number of rotatable bonds is 13. The summed E-state index contributed by atoms with van der Waals surface area (Å²) in [4.78, 5) is 33.5. The van der Waals surface area contributed by atoms with Gasteiger partial charge in [-0.1, -0.05) is 19.6 Å². The number of nitrogens with zero attached hydrogens (tertiary/aromatic N) is 7. The van der Waals surface area contributed by atoms with Crippen LogP contribution < -0.4 is 16.4 Å². The molecule has 4 aromatic heterocycles. The molecule has 1 N–H and O–H groups in total. The predicted molar refractivity (Wildman–Crippen MR) is 176 cm³/mol. The first-order chi connectivity index (χ1) is 24.3. The molecular formula is C32H33F7N8O4Si. The van der Waals surface area contributed by atoms with Crippen molar-refractivity contribution in [2.45, 2.75) is 77.1 Å². The molecule has 0 radical (unpaired) electrons. The molecule has 0 bridgehead atoms. The number of nitrogens with one attached hydrogen (secondary N) is 1. The molecule has 1 atom stereocenters. The van der Waals surface area contributed by atoms with Crippen LogP contribution in [0, 0.1) is 12.7 Å². The normalized spacial score (nSPS) is 13.1. The second-order valence-corrected chi connectivity index (χ2v) is 18.7. The van der Waals surface area contributed by atoms with Gasteiger partial charge in [0.2, 0.25) is 11.8 Å². The van der Waals surface area contributed by atoms with Gasteiger partial charge in [-0.15, -0.1) is 10.2 Å². The van der Waals surface area contributed by atoms with Crippen LogP contribution >= 0.6 is 0 Å². The molecule has 0 aliphatic heterocycles. The molecule has 4 heterocycles. The maximum Gasteiger partial charge on any atom is 0.423 e. The fourth-order valence-electron chi connectivity index (χ4n) is 5.12. The van der Waals surface area contributed by atoms with E-state index in [1.165, 1.54) is 29.8 Å². The highest BCUT2D eigenvalue weighted by atomic mass is 28.3. The van der Waals surface area contributed by atoms with Crippen molar-refractivity contribution >= 4 is 24.5 Å². The number of alkyl halides is 6. The van der Waals surface area contributed by atoms with Gasteiger partial charge in [-0.05, 0) is 42.5 Å². The van der Waals surface area contributed by atoms with Crippen LogP contribution in [0.1, 0.15) is 41.8 Å². The van der Waals surface area contributed by atoms with E-state index in [2.05, 4.69) is 50.2 Å². The SMILES string of the molecule is Cc1nnc([C@@H](CCCn2ccc3cc(-c4ncc(C(F)(F)F)cn4)c(F)cc3c2=O)Nc2cnn(COCC[Si](C)(C)C)c(=O)c2C(F)(F)F)o1. The van der Waals surface area contributed by atoms with E-state index < -0.39 is 66.9 Å². The van der Waals surface area contributed by atoms with Crippen LogP contribution in [0.4, 0.5) is 36.4 Å². The lowest BCUT2D eigenvalue weighted by molar-refractivity contribution is -0.139. The lowest BCUT2D eigenvalue weighted by Gasteiger charge is -2.21. The van der Waals surface area contributed by atoms with E-state index >= 15 is 4.39 Å². The average molecular weight is 755 g/mol.